The monoisotopic (exact) mass is 220 g/mol. The minimum Gasteiger partial charge on any atom is -0.298 e. The van der Waals surface area contributed by atoms with E-state index >= 15 is 0 Å². The number of aldehydes is 1. The number of carbonyl (C=O) groups excluding carboxylic acids is 1. The van der Waals surface area contributed by atoms with Gasteiger partial charge in [-0.1, -0.05) is 49.7 Å². The highest BCUT2D eigenvalue weighted by Gasteiger charge is 2.31. The fourth-order valence-electron chi connectivity index (χ4n) is 2.18. The van der Waals surface area contributed by atoms with Gasteiger partial charge in [-0.3, -0.25) is 4.79 Å². The van der Waals surface area contributed by atoms with Crippen LogP contribution in [0, 0.1) is 0 Å². The van der Waals surface area contributed by atoms with Crippen molar-refractivity contribution >= 4 is 22.9 Å². The molecule has 0 radical (unpaired) electrons. The van der Waals surface area contributed by atoms with Gasteiger partial charge in [0, 0.05) is 5.57 Å². The van der Waals surface area contributed by atoms with Crippen LogP contribution in [0.5, 0.6) is 0 Å². The Morgan fingerprint density at radius 1 is 1.33 bits per heavy atom. The van der Waals surface area contributed by atoms with E-state index in [1.165, 1.54) is 5.56 Å². The summed E-state index contributed by atoms with van der Waals surface area (Å²) >= 11 is 6.19. The van der Waals surface area contributed by atoms with Crippen LogP contribution in [0.4, 0.5) is 0 Å². The van der Waals surface area contributed by atoms with Crippen LogP contribution < -0.4 is 0 Å². The molecule has 0 atom stereocenters. The lowest BCUT2D eigenvalue weighted by Gasteiger charge is -2.32. The molecule has 2 heteroatoms. The van der Waals surface area contributed by atoms with Crippen LogP contribution in [-0.2, 0) is 10.2 Å². The molecule has 0 saturated heterocycles. The number of allylic oxidation sites excluding steroid dienone is 1. The Kier molecular flexibility index (Phi) is 2.43. The quantitative estimate of drug-likeness (QED) is 0.662. The van der Waals surface area contributed by atoms with E-state index in [9.17, 15) is 4.79 Å². The van der Waals surface area contributed by atoms with Gasteiger partial charge in [0.25, 0.3) is 0 Å². The maximum Gasteiger partial charge on any atom is 0.147 e. The molecule has 1 aliphatic rings. The van der Waals surface area contributed by atoms with Crippen molar-refractivity contribution in [3.63, 3.8) is 0 Å². The molecule has 15 heavy (non-hydrogen) atoms. The topological polar surface area (TPSA) is 17.1 Å². The van der Waals surface area contributed by atoms with Crippen molar-refractivity contribution in [3.8, 4) is 0 Å². The van der Waals surface area contributed by atoms with E-state index in [0.29, 0.717) is 17.0 Å². The van der Waals surface area contributed by atoms with Crippen LogP contribution >= 0.6 is 11.6 Å². The van der Waals surface area contributed by atoms with E-state index in [4.69, 9.17) is 11.6 Å². The molecule has 0 aliphatic heterocycles. The standard InChI is InChI=1S/C13H13ClO/c1-13(2)7-9(8-15)12(14)10-5-3-4-6-11(10)13/h3-6,8H,7H2,1-2H3. The highest BCUT2D eigenvalue weighted by Crippen LogP contribution is 2.43. The molecule has 0 unspecified atom stereocenters. The van der Waals surface area contributed by atoms with Crippen molar-refractivity contribution in [1.82, 2.24) is 0 Å². The van der Waals surface area contributed by atoms with Gasteiger partial charge in [-0.25, -0.2) is 0 Å². The number of rotatable bonds is 1. The maximum atomic E-state index is 10.9. The second-order valence-electron chi connectivity index (χ2n) is 4.56. The average Bonchev–Trinajstić information content (AvgIpc) is 2.24. The smallest absolute Gasteiger partial charge is 0.147 e. The van der Waals surface area contributed by atoms with E-state index < -0.39 is 0 Å². The fraction of sp³-hybridized carbons (Fsp3) is 0.308. The molecule has 2 rings (SSSR count). The van der Waals surface area contributed by atoms with Gasteiger partial charge in [0.05, 0.1) is 5.03 Å². The summed E-state index contributed by atoms with van der Waals surface area (Å²) in [5.41, 5.74) is 2.92. The molecule has 0 aromatic heterocycles. The minimum absolute atomic E-state index is 0.00870. The Labute approximate surface area is 94.8 Å². The first-order chi connectivity index (χ1) is 7.06. The van der Waals surface area contributed by atoms with Gasteiger partial charge in [-0.2, -0.15) is 0 Å². The first-order valence-corrected chi connectivity index (χ1v) is 5.38. The van der Waals surface area contributed by atoms with Gasteiger partial charge in [0.15, 0.2) is 0 Å². The average molecular weight is 221 g/mol. The van der Waals surface area contributed by atoms with Crippen LogP contribution in [0.3, 0.4) is 0 Å². The fourth-order valence-corrected chi connectivity index (χ4v) is 2.46. The van der Waals surface area contributed by atoms with E-state index in [-0.39, 0.29) is 5.41 Å². The van der Waals surface area contributed by atoms with Crippen molar-refractivity contribution < 1.29 is 4.79 Å². The summed E-state index contributed by atoms with van der Waals surface area (Å²) in [5, 5.41) is 0.611. The molecule has 1 aliphatic carbocycles. The lowest BCUT2D eigenvalue weighted by molar-refractivity contribution is -0.105. The normalized spacial score (nSPS) is 18.6. The van der Waals surface area contributed by atoms with Gasteiger partial charge in [0.2, 0.25) is 0 Å². The minimum atomic E-state index is -0.00870. The first kappa shape index (κ1) is 10.4. The van der Waals surface area contributed by atoms with Gasteiger partial charge >= 0.3 is 0 Å². The van der Waals surface area contributed by atoms with Crippen LogP contribution in [-0.4, -0.2) is 6.29 Å². The maximum absolute atomic E-state index is 10.9. The zero-order chi connectivity index (χ0) is 11.1. The number of hydrogen-bond donors (Lipinski definition) is 0. The molecule has 0 spiro atoms. The van der Waals surface area contributed by atoms with Crippen molar-refractivity contribution in [3.05, 3.63) is 41.0 Å². The van der Waals surface area contributed by atoms with Crippen molar-refractivity contribution in [2.75, 3.05) is 0 Å². The molecule has 1 aromatic rings. The molecule has 0 N–H and O–H groups in total. The Bertz CT molecular complexity index is 444. The van der Waals surface area contributed by atoms with E-state index in [1.807, 2.05) is 18.2 Å². The zero-order valence-corrected chi connectivity index (χ0v) is 9.64. The first-order valence-electron chi connectivity index (χ1n) is 5.00. The number of hydrogen-bond acceptors (Lipinski definition) is 1. The molecule has 1 nitrogen and oxygen atoms in total. The molecule has 1 aromatic carbocycles. The Balaban J connectivity index is 2.70. The van der Waals surface area contributed by atoms with Crippen LogP contribution in [0.1, 0.15) is 31.4 Å². The molecule has 78 valence electrons. The van der Waals surface area contributed by atoms with Crippen LogP contribution in [0.15, 0.2) is 29.8 Å². The third-order valence-corrected chi connectivity index (χ3v) is 3.40. The van der Waals surface area contributed by atoms with Crippen LogP contribution in [0.25, 0.3) is 5.03 Å². The van der Waals surface area contributed by atoms with Crippen molar-refractivity contribution in [1.29, 1.82) is 0 Å². The summed E-state index contributed by atoms with van der Waals surface area (Å²) in [6.07, 6.45) is 1.59. The van der Waals surface area contributed by atoms with Crippen molar-refractivity contribution in [2.45, 2.75) is 25.7 Å². The van der Waals surface area contributed by atoms with Gasteiger partial charge in [-0.05, 0) is 23.0 Å². The lowest BCUT2D eigenvalue weighted by Crippen LogP contribution is -2.23. The van der Waals surface area contributed by atoms with Crippen LogP contribution in [0.2, 0.25) is 0 Å². The summed E-state index contributed by atoms with van der Waals surface area (Å²) in [6, 6.07) is 8.02. The Hall–Kier alpha value is -1.08. The Morgan fingerprint density at radius 2 is 2.00 bits per heavy atom. The number of benzene rings is 1. The predicted molar refractivity (Wildman–Crippen MR) is 62.9 cm³/mol. The number of fused-ring (bicyclic) bond motifs is 1. The Morgan fingerprint density at radius 3 is 2.67 bits per heavy atom. The SMILES string of the molecule is CC1(C)CC(C=O)=C(Cl)c2ccccc21. The van der Waals surface area contributed by atoms with E-state index in [0.717, 1.165) is 11.8 Å². The molecule has 0 amide bonds. The summed E-state index contributed by atoms with van der Waals surface area (Å²) in [5.74, 6) is 0. The van der Waals surface area contributed by atoms with E-state index in [1.54, 1.807) is 0 Å². The summed E-state index contributed by atoms with van der Waals surface area (Å²) < 4.78 is 0. The third-order valence-electron chi connectivity index (χ3n) is 2.95. The largest absolute Gasteiger partial charge is 0.298 e. The van der Waals surface area contributed by atoms with Gasteiger partial charge in [0.1, 0.15) is 6.29 Å². The lowest BCUT2D eigenvalue weighted by atomic mass is 9.73. The summed E-state index contributed by atoms with van der Waals surface area (Å²) in [4.78, 5) is 10.9. The predicted octanol–water partition coefficient (Wildman–Crippen LogP) is 3.52. The molecular weight excluding hydrogens is 208 g/mol. The highest BCUT2D eigenvalue weighted by atomic mass is 35.5. The van der Waals surface area contributed by atoms with Crippen molar-refractivity contribution in [2.24, 2.45) is 0 Å². The third kappa shape index (κ3) is 1.61. The molecular formula is C13H13ClO. The van der Waals surface area contributed by atoms with Gasteiger partial charge in [-0.15, -0.1) is 0 Å². The molecule has 0 saturated carbocycles. The highest BCUT2D eigenvalue weighted by molar-refractivity contribution is 6.50. The second-order valence-corrected chi connectivity index (χ2v) is 4.94. The zero-order valence-electron chi connectivity index (χ0n) is 8.88. The second kappa shape index (κ2) is 3.49. The molecule has 0 bridgehead atoms. The van der Waals surface area contributed by atoms with E-state index in [2.05, 4.69) is 19.9 Å². The number of carbonyl (C=O) groups is 1. The summed E-state index contributed by atoms with van der Waals surface area (Å²) in [6.45, 7) is 4.28. The van der Waals surface area contributed by atoms with Gasteiger partial charge < -0.3 is 0 Å². The number of halogens is 1. The molecule has 0 fully saturated rings. The molecule has 0 heterocycles. The summed E-state index contributed by atoms with van der Waals surface area (Å²) in [7, 11) is 0.